The molecular weight excluding hydrogens is 318 g/mol. The highest BCUT2D eigenvalue weighted by Gasteiger charge is 2.20. The van der Waals surface area contributed by atoms with Gasteiger partial charge >= 0.3 is 0 Å². The zero-order chi connectivity index (χ0) is 18.2. The van der Waals surface area contributed by atoms with Crippen molar-refractivity contribution in [3.05, 3.63) is 23.8 Å². The topological polar surface area (TPSA) is 77.0 Å². The van der Waals surface area contributed by atoms with Gasteiger partial charge < -0.3 is 15.1 Å². The molecule has 8 heteroatoms. The summed E-state index contributed by atoms with van der Waals surface area (Å²) in [5, 5.41) is 3.37. The molecule has 0 saturated carbocycles. The van der Waals surface area contributed by atoms with Crippen LogP contribution in [0.1, 0.15) is 17.9 Å². The van der Waals surface area contributed by atoms with Crippen molar-refractivity contribution in [2.45, 2.75) is 19.9 Å². The van der Waals surface area contributed by atoms with Crippen molar-refractivity contribution in [2.75, 3.05) is 53.9 Å². The largest absolute Gasteiger partial charge is 0.351 e. The summed E-state index contributed by atoms with van der Waals surface area (Å²) < 4.78 is 0. The van der Waals surface area contributed by atoms with Crippen LogP contribution in [-0.4, -0.2) is 90.4 Å². The Balaban J connectivity index is 1.77. The molecule has 25 heavy (non-hydrogen) atoms. The Kier molecular flexibility index (Phi) is 7.12. The molecule has 0 aromatic carbocycles. The Morgan fingerprint density at radius 1 is 1.32 bits per heavy atom. The van der Waals surface area contributed by atoms with Gasteiger partial charge in [0.1, 0.15) is 5.82 Å². The van der Waals surface area contributed by atoms with Gasteiger partial charge in [0.05, 0.1) is 12.2 Å². The first-order valence-electron chi connectivity index (χ1n) is 8.66. The molecule has 0 radical (unpaired) electrons. The first-order valence-corrected chi connectivity index (χ1v) is 8.66. The summed E-state index contributed by atoms with van der Waals surface area (Å²) in [6, 6.07) is 1.91. The van der Waals surface area contributed by atoms with Crippen LogP contribution < -0.4 is 5.32 Å². The zero-order valence-electron chi connectivity index (χ0n) is 15.7. The average molecular weight is 347 g/mol. The highest BCUT2D eigenvalue weighted by atomic mass is 16.2. The van der Waals surface area contributed by atoms with Crippen molar-refractivity contribution in [2.24, 2.45) is 4.99 Å². The molecule has 0 aliphatic carbocycles. The van der Waals surface area contributed by atoms with Crippen LogP contribution in [0, 0.1) is 6.92 Å². The summed E-state index contributed by atoms with van der Waals surface area (Å²) in [5.41, 5.74) is 0.953. The molecule has 1 saturated heterocycles. The average Bonchev–Trinajstić information content (AvgIpc) is 2.61. The molecule has 8 nitrogen and oxygen atoms in total. The van der Waals surface area contributed by atoms with Gasteiger partial charge in [0.15, 0.2) is 5.96 Å². The summed E-state index contributed by atoms with van der Waals surface area (Å²) in [4.78, 5) is 30.8. The molecule has 1 aliphatic heterocycles. The quantitative estimate of drug-likeness (QED) is 0.595. The van der Waals surface area contributed by atoms with Crippen molar-refractivity contribution in [3.63, 3.8) is 0 Å². The second-order valence-corrected chi connectivity index (χ2v) is 6.36. The second kappa shape index (κ2) is 9.31. The Bertz CT molecular complexity index is 594. The van der Waals surface area contributed by atoms with Crippen molar-refractivity contribution < 1.29 is 4.79 Å². The number of amides is 1. The van der Waals surface area contributed by atoms with E-state index in [0.29, 0.717) is 13.0 Å². The Morgan fingerprint density at radius 2 is 2.04 bits per heavy atom. The number of carbonyl (C=O) groups is 1. The summed E-state index contributed by atoms with van der Waals surface area (Å²) in [6.07, 6.45) is 2.35. The smallest absolute Gasteiger partial charge is 0.223 e. The minimum Gasteiger partial charge on any atom is -0.351 e. The molecule has 1 aromatic heterocycles. The van der Waals surface area contributed by atoms with Gasteiger partial charge in [-0.1, -0.05) is 0 Å². The highest BCUT2D eigenvalue weighted by molar-refractivity contribution is 5.80. The number of guanidine groups is 1. The van der Waals surface area contributed by atoms with E-state index in [2.05, 4.69) is 30.1 Å². The molecule has 0 atom stereocenters. The van der Waals surface area contributed by atoms with Crippen LogP contribution in [0.4, 0.5) is 0 Å². The molecule has 2 heterocycles. The second-order valence-electron chi connectivity index (χ2n) is 6.36. The lowest BCUT2D eigenvalue weighted by Crippen LogP contribution is -2.52. The van der Waals surface area contributed by atoms with Crippen LogP contribution in [0.3, 0.4) is 0 Å². The van der Waals surface area contributed by atoms with E-state index in [9.17, 15) is 4.79 Å². The number of aromatic nitrogens is 2. The molecule has 1 fully saturated rings. The number of carbonyl (C=O) groups excluding carboxylic acids is 1. The number of hydrogen-bond donors (Lipinski definition) is 1. The van der Waals surface area contributed by atoms with Crippen LogP contribution in [0.25, 0.3) is 0 Å². The van der Waals surface area contributed by atoms with Gasteiger partial charge in [-0.05, 0) is 13.0 Å². The number of aliphatic imine (C=N–C) groups is 1. The van der Waals surface area contributed by atoms with Crippen LogP contribution in [-0.2, 0) is 11.3 Å². The number of rotatable bonds is 5. The molecule has 1 amide bonds. The lowest BCUT2D eigenvalue weighted by atomic mass is 10.3. The van der Waals surface area contributed by atoms with Gasteiger partial charge in [-0.2, -0.15) is 0 Å². The molecule has 1 N–H and O–H groups in total. The molecule has 2 rings (SSSR count). The minimum atomic E-state index is 0.181. The Morgan fingerprint density at radius 3 is 2.64 bits per heavy atom. The fraction of sp³-hybridized carbons (Fsp3) is 0.647. The van der Waals surface area contributed by atoms with Gasteiger partial charge in [0.2, 0.25) is 5.91 Å². The Labute approximate surface area is 149 Å². The van der Waals surface area contributed by atoms with Crippen molar-refractivity contribution in [1.29, 1.82) is 0 Å². The molecule has 0 bridgehead atoms. The summed E-state index contributed by atoms with van der Waals surface area (Å²) in [5.74, 6) is 1.84. The van der Waals surface area contributed by atoms with Gasteiger partial charge in [-0.3, -0.25) is 14.7 Å². The van der Waals surface area contributed by atoms with Crippen LogP contribution in [0.5, 0.6) is 0 Å². The fourth-order valence-electron chi connectivity index (χ4n) is 2.77. The number of nitrogens with zero attached hydrogens (tertiary/aromatic N) is 6. The van der Waals surface area contributed by atoms with Crippen molar-refractivity contribution >= 4 is 11.9 Å². The summed E-state index contributed by atoms with van der Waals surface area (Å²) in [7, 11) is 5.40. The maximum atomic E-state index is 11.7. The summed E-state index contributed by atoms with van der Waals surface area (Å²) in [6.45, 7) is 7.02. The maximum Gasteiger partial charge on any atom is 0.223 e. The minimum absolute atomic E-state index is 0.181. The number of nitrogens with one attached hydrogen (secondary N) is 1. The van der Waals surface area contributed by atoms with Gasteiger partial charge in [0.25, 0.3) is 0 Å². The molecule has 0 spiro atoms. The van der Waals surface area contributed by atoms with E-state index in [1.807, 2.05) is 13.0 Å². The number of aryl methyl sites for hydroxylation is 1. The van der Waals surface area contributed by atoms with Crippen LogP contribution in [0.15, 0.2) is 17.3 Å². The van der Waals surface area contributed by atoms with E-state index in [-0.39, 0.29) is 5.91 Å². The molecule has 1 aromatic rings. The molecule has 0 unspecified atom stereocenters. The molecule has 138 valence electrons. The van der Waals surface area contributed by atoms with Gasteiger partial charge in [0, 0.05) is 66.5 Å². The van der Waals surface area contributed by atoms with Gasteiger partial charge in [-0.15, -0.1) is 0 Å². The predicted octanol–water partition coefficient (Wildman–Crippen LogP) is -0.0437. The highest BCUT2D eigenvalue weighted by Crippen LogP contribution is 2.04. The lowest BCUT2D eigenvalue weighted by Gasteiger charge is -2.36. The third-order valence-electron chi connectivity index (χ3n) is 4.29. The van der Waals surface area contributed by atoms with Crippen LogP contribution >= 0.6 is 0 Å². The zero-order valence-corrected chi connectivity index (χ0v) is 15.7. The fourth-order valence-corrected chi connectivity index (χ4v) is 2.77. The molecule has 1 aliphatic rings. The van der Waals surface area contributed by atoms with Crippen molar-refractivity contribution in [3.8, 4) is 0 Å². The number of hydrogen-bond acceptors (Lipinski definition) is 5. The van der Waals surface area contributed by atoms with E-state index in [0.717, 1.165) is 50.2 Å². The summed E-state index contributed by atoms with van der Waals surface area (Å²) >= 11 is 0. The van der Waals surface area contributed by atoms with E-state index in [1.54, 1.807) is 32.2 Å². The van der Waals surface area contributed by atoms with Crippen molar-refractivity contribution in [1.82, 2.24) is 30.0 Å². The number of piperazine rings is 1. The van der Waals surface area contributed by atoms with E-state index >= 15 is 0 Å². The molecular formula is C17H29N7O. The van der Waals surface area contributed by atoms with Gasteiger partial charge in [-0.25, -0.2) is 9.97 Å². The normalized spacial score (nSPS) is 16.0. The monoisotopic (exact) mass is 347 g/mol. The van der Waals surface area contributed by atoms with E-state index in [1.165, 1.54) is 0 Å². The van der Waals surface area contributed by atoms with E-state index in [4.69, 9.17) is 0 Å². The SMILES string of the molecule is CN=C(NCc1ccnc(C)n1)N1CCN(CCC(=O)N(C)C)CC1. The Hall–Kier alpha value is -2.22. The third kappa shape index (κ3) is 5.97. The third-order valence-corrected chi connectivity index (χ3v) is 4.29. The lowest BCUT2D eigenvalue weighted by molar-refractivity contribution is -0.129. The maximum absolute atomic E-state index is 11.7. The first kappa shape index (κ1) is 19.1. The van der Waals surface area contributed by atoms with E-state index < -0.39 is 0 Å². The first-order chi connectivity index (χ1) is 12.0. The predicted molar refractivity (Wildman–Crippen MR) is 98.3 cm³/mol. The standard InChI is InChI=1S/C17H29N7O/c1-14-19-7-5-15(21-14)13-20-17(18-2)24-11-9-23(10-12-24)8-6-16(25)22(3)4/h5,7H,6,8-13H2,1-4H3,(H,18,20). The van der Waals surface area contributed by atoms with Crippen LogP contribution in [0.2, 0.25) is 0 Å².